The molecular weight excluding hydrogens is 440 g/mol. The van der Waals surface area contributed by atoms with E-state index in [0.29, 0.717) is 10.2 Å². The first-order chi connectivity index (χ1) is 14.4. The van der Waals surface area contributed by atoms with Crippen molar-refractivity contribution in [2.75, 3.05) is 11.1 Å². The van der Waals surface area contributed by atoms with E-state index in [0.717, 1.165) is 22.0 Å². The summed E-state index contributed by atoms with van der Waals surface area (Å²) in [5.41, 5.74) is 1.75. The summed E-state index contributed by atoms with van der Waals surface area (Å²) in [6.07, 6.45) is -0.159. The number of nitrogens with one attached hydrogen (secondary N) is 1. The Morgan fingerprint density at radius 3 is 2.53 bits per heavy atom. The number of thiazole rings is 1. The number of aromatic nitrogens is 1. The molecule has 1 amide bonds. The second kappa shape index (κ2) is 8.55. The van der Waals surface area contributed by atoms with Gasteiger partial charge in [0.2, 0.25) is 5.91 Å². The van der Waals surface area contributed by atoms with E-state index < -0.39 is 15.7 Å². The Morgan fingerprint density at radius 1 is 1.00 bits per heavy atom. The fraction of sp³-hybridized carbons (Fsp3) is 0.0909. The number of rotatable bonds is 6. The minimum absolute atomic E-state index is 0.146. The normalized spacial score (nSPS) is 11.5. The standard InChI is InChI=1S/C22H17ClN2O3S2/c23-16-8-10-17(11-9-16)30(27,28)13-12-21(26)25-22-24-20(14-29-22)19-7-3-5-15-4-1-2-6-18(15)19/h1-11,14H,12-13H2,(H,24,25,26). The Morgan fingerprint density at radius 2 is 1.73 bits per heavy atom. The lowest BCUT2D eigenvalue weighted by Gasteiger charge is -2.05. The van der Waals surface area contributed by atoms with Crippen molar-refractivity contribution in [2.24, 2.45) is 0 Å². The molecule has 0 saturated heterocycles. The van der Waals surface area contributed by atoms with Crippen molar-refractivity contribution < 1.29 is 13.2 Å². The third kappa shape index (κ3) is 4.53. The highest BCUT2D eigenvalue weighted by Gasteiger charge is 2.17. The van der Waals surface area contributed by atoms with Gasteiger partial charge in [-0.15, -0.1) is 11.3 Å². The van der Waals surface area contributed by atoms with E-state index in [1.165, 1.54) is 35.6 Å². The number of sulfone groups is 1. The molecule has 0 saturated carbocycles. The van der Waals surface area contributed by atoms with Crippen molar-refractivity contribution in [3.8, 4) is 11.3 Å². The van der Waals surface area contributed by atoms with Gasteiger partial charge in [0, 0.05) is 22.4 Å². The van der Waals surface area contributed by atoms with Gasteiger partial charge >= 0.3 is 0 Å². The number of nitrogens with zero attached hydrogens (tertiary/aromatic N) is 1. The van der Waals surface area contributed by atoms with Crippen molar-refractivity contribution >= 4 is 54.6 Å². The van der Waals surface area contributed by atoms with Gasteiger partial charge in [0.05, 0.1) is 16.3 Å². The Hall–Kier alpha value is -2.74. The van der Waals surface area contributed by atoms with Crippen molar-refractivity contribution in [3.05, 3.63) is 77.1 Å². The highest BCUT2D eigenvalue weighted by Crippen LogP contribution is 2.31. The molecule has 5 nitrogen and oxygen atoms in total. The lowest BCUT2D eigenvalue weighted by atomic mass is 10.0. The predicted octanol–water partition coefficient (Wildman–Crippen LogP) is 5.42. The first kappa shape index (κ1) is 20.5. The van der Waals surface area contributed by atoms with Crippen LogP contribution in [0.2, 0.25) is 5.02 Å². The fourth-order valence-electron chi connectivity index (χ4n) is 3.07. The Kier molecular flexibility index (Phi) is 5.85. The Balaban J connectivity index is 1.43. The van der Waals surface area contributed by atoms with Gasteiger partial charge in [0.1, 0.15) is 0 Å². The van der Waals surface area contributed by atoms with E-state index >= 15 is 0 Å². The highest BCUT2D eigenvalue weighted by molar-refractivity contribution is 7.91. The molecule has 1 N–H and O–H groups in total. The maximum absolute atomic E-state index is 12.4. The molecule has 0 aliphatic rings. The molecule has 0 spiro atoms. The Bertz CT molecular complexity index is 1310. The van der Waals surface area contributed by atoms with E-state index in [-0.39, 0.29) is 17.1 Å². The van der Waals surface area contributed by atoms with E-state index in [2.05, 4.69) is 10.3 Å². The zero-order valence-electron chi connectivity index (χ0n) is 15.7. The molecule has 0 bridgehead atoms. The molecule has 0 aliphatic heterocycles. The van der Waals surface area contributed by atoms with Crippen LogP contribution in [0.1, 0.15) is 6.42 Å². The molecule has 30 heavy (non-hydrogen) atoms. The number of carbonyl (C=O) groups excluding carboxylic acids is 1. The molecule has 4 aromatic rings. The second-order valence-electron chi connectivity index (χ2n) is 6.64. The zero-order valence-corrected chi connectivity index (χ0v) is 18.1. The van der Waals surface area contributed by atoms with Crippen LogP contribution in [0.5, 0.6) is 0 Å². The number of hydrogen-bond acceptors (Lipinski definition) is 5. The van der Waals surface area contributed by atoms with E-state index in [9.17, 15) is 13.2 Å². The quantitative estimate of drug-likeness (QED) is 0.420. The van der Waals surface area contributed by atoms with Crippen LogP contribution >= 0.6 is 22.9 Å². The van der Waals surface area contributed by atoms with Crippen LogP contribution in [0.15, 0.2) is 77.0 Å². The lowest BCUT2D eigenvalue weighted by Crippen LogP contribution is -2.17. The van der Waals surface area contributed by atoms with Crippen LogP contribution in [0, 0.1) is 0 Å². The monoisotopic (exact) mass is 456 g/mol. The third-order valence-electron chi connectivity index (χ3n) is 4.59. The topological polar surface area (TPSA) is 76.1 Å². The average Bonchev–Trinajstić information content (AvgIpc) is 3.20. The van der Waals surface area contributed by atoms with Crippen LogP contribution in [0.25, 0.3) is 22.0 Å². The summed E-state index contributed by atoms with van der Waals surface area (Å²) in [6, 6.07) is 19.9. The van der Waals surface area contributed by atoms with Crippen LogP contribution < -0.4 is 5.32 Å². The molecule has 0 aliphatic carbocycles. The van der Waals surface area contributed by atoms with Gasteiger partial charge in [-0.3, -0.25) is 4.79 Å². The molecule has 1 aromatic heterocycles. The van der Waals surface area contributed by atoms with Crippen LogP contribution in [0.4, 0.5) is 5.13 Å². The summed E-state index contributed by atoms with van der Waals surface area (Å²) in [4.78, 5) is 16.9. The van der Waals surface area contributed by atoms with Crippen molar-refractivity contribution in [1.29, 1.82) is 0 Å². The second-order valence-corrected chi connectivity index (χ2v) is 10.0. The zero-order chi connectivity index (χ0) is 21.1. The molecule has 0 atom stereocenters. The van der Waals surface area contributed by atoms with Crippen LogP contribution in [0.3, 0.4) is 0 Å². The summed E-state index contributed by atoms with van der Waals surface area (Å²) in [6.45, 7) is 0. The maximum atomic E-state index is 12.4. The number of hydrogen-bond donors (Lipinski definition) is 1. The van der Waals surface area contributed by atoms with E-state index in [1.807, 2.05) is 47.8 Å². The molecule has 3 aromatic carbocycles. The average molecular weight is 457 g/mol. The summed E-state index contributed by atoms with van der Waals surface area (Å²) < 4.78 is 24.8. The number of carbonyl (C=O) groups is 1. The molecular formula is C22H17ClN2O3S2. The SMILES string of the molecule is O=C(CCS(=O)(=O)c1ccc(Cl)cc1)Nc1nc(-c2cccc3ccccc23)cs1. The number of benzene rings is 3. The first-order valence-electron chi connectivity index (χ1n) is 9.14. The molecule has 1 heterocycles. The Labute approximate surface area is 183 Å². The van der Waals surface area contributed by atoms with Crippen molar-refractivity contribution in [1.82, 2.24) is 4.98 Å². The first-order valence-corrected chi connectivity index (χ1v) is 12.1. The third-order valence-corrected chi connectivity index (χ3v) is 7.33. The molecule has 0 fully saturated rings. The molecule has 8 heteroatoms. The van der Waals surface area contributed by atoms with Crippen LogP contribution in [-0.2, 0) is 14.6 Å². The largest absolute Gasteiger partial charge is 0.302 e. The predicted molar refractivity (Wildman–Crippen MR) is 122 cm³/mol. The molecule has 152 valence electrons. The highest BCUT2D eigenvalue weighted by atomic mass is 35.5. The molecule has 4 rings (SSSR count). The van der Waals surface area contributed by atoms with Crippen LogP contribution in [-0.4, -0.2) is 25.1 Å². The number of fused-ring (bicyclic) bond motifs is 1. The molecule has 0 unspecified atom stereocenters. The fourth-order valence-corrected chi connectivity index (χ4v) is 5.17. The lowest BCUT2D eigenvalue weighted by molar-refractivity contribution is -0.115. The van der Waals surface area contributed by atoms with Gasteiger partial charge in [-0.1, -0.05) is 54.1 Å². The summed E-state index contributed by atoms with van der Waals surface area (Å²) in [5.74, 6) is -0.687. The number of anilines is 1. The van der Waals surface area contributed by atoms with Gasteiger partial charge in [-0.25, -0.2) is 13.4 Å². The number of halogens is 1. The summed E-state index contributed by atoms with van der Waals surface area (Å²) in [7, 11) is -3.56. The van der Waals surface area contributed by atoms with Gasteiger partial charge in [0.15, 0.2) is 15.0 Å². The summed E-state index contributed by atoms with van der Waals surface area (Å²) >= 11 is 7.10. The summed E-state index contributed by atoms with van der Waals surface area (Å²) in [5, 5.41) is 7.66. The van der Waals surface area contributed by atoms with Gasteiger partial charge in [-0.2, -0.15) is 0 Å². The van der Waals surface area contributed by atoms with Gasteiger partial charge in [0.25, 0.3) is 0 Å². The minimum atomic E-state index is -3.56. The number of amides is 1. The van der Waals surface area contributed by atoms with Crippen molar-refractivity contribution in [2.45, 2.75) is 11.3 Å². The minimum Gasteiger partial charge on any atom is -0.302 e. The van der Waals surface area contributed by atoms with Gasteiger partial charge < -0.3 is 5.32 Å². The van der Waals surface area contributed by atoms with E-state index in [4.69, 9.17) is 11.6 Å². The maximum Gasteiger partial charge on any atom is 0.227 e. The van der Waals surface area contributed by atoms with Gasteiger partial charge in [-0.05, 0) is 35.0 Å². The van der Waals surface area contributed by atoms with E-state index in [1.54, 1.807) is 0 Å². The van der Waals surface area contributed by atoms with Crippen molar-refractivity contribution in [3.63, 3.8) is 0 Å². The smallest absolute Gasteiger partial charge is 0.227 e. The molecule has 0 radical (unpaired) electrons.